The molecule has 0 aliphatic carbocycles. The van der Waals surface area contributed by atoms with Gasteiger partial charge in [-0.15, -0.1) is 11.6 Å². The summed E-state index contributed by atoms with van der Waals surface area (Å²) in [6, 6.07) is 10.0. The molecule has 2 aromatic rings. The van der Waals surface area contributed by atoms with Crippen LogP contribution in [0.15, 0.2) is 40.9 Å². The van der Waals surface area contributed by atoms with Gasteiger partial charge in [-0.25, -0.2) is 4.39 Å². The summed E-state index contributed by atoms with van der Waals surface area (Å²) in [5.41, 5.74) is 1.87. The molecule has 2 nitrogen and oxygen atoms in total. The lowest BCUT2D eigenvalue weighted by molar-refractivity contribution is 0.354. The Morgan fingerprint density at radius 1 is 1.10 bits per heavy atom. The average Bonchev–Trinajstić information content (AvgIpc) is 2.49. The standard InChI is InChI=1S/C16H15BrClFO2/c1-20-15-8-12(13(17)9-16(15)21-2)14(18)7-10-3-5-11(19)6-4-10/h3-6,8-9,14H,7H2,1-2H3. The van der Waals surface area contributed by atoms with Crippen molar-refractivity contribution in [1.82, 2.24) is 0 Å². The summed E-state index contributed by atoms with van der Waals surface area (Å²) in [4.78, 5) is 0. The summed E-state index contributed by atoms with van der Waals surface area (Å²) in [5, 5.41) is -0.260. The molecule has 0 heterocycles. The minimum Gasteiger partial charge on any atom is -0.493 e. The summed E-state index contributed by atoms with van der Waals surface area (Å²) < 4.78 is 24.3. The molecule has 0 saturated carbocycles. The molecule has 0 radical (unpaired) electrons. The van der Waals surface area contributed by atoms with E-state index in [9.17, 15) is 4.39 Å². The first kappa shape index (κ1) is 16.1. The van der Waals surface area contributed by atoms with Crippen molar-refractivity contribution in [3.63, 3.8) is 0 Å². The molecular formula is C16H15BrClFO2. The third-order valence-electron chi connectivity index (χ3n) is 3.17. The van der Waals surface area contributed by atoms with Gasteiger partial charge in [-0.3, -0.25) is 0 Å². The number of halogens is 3. The lowest BCUT2D eigenvalue weighted by Gasteiger charge is -2.16. The smallest absolute Gasteiger partial charge is 0.161 e. The second-order valence-electron chi connectivity index (χ2n) is 4.53. The highest BCUT2D eigenvalue weighted by atomic mass is 79.9. The molecule has 0 aliphatic rings. The molecule has 0 fully saturated rings. The second-order valence-corrected chi connectivity index (χ2v) is 5.91. The number of hydrogen-bond acceptors (Lipinski definition) is 2. The van der Waals surface area contributed by atoms with Crippen molar-refractivity contribution >= 4 is 27.5 Å². The van der Waals surface area contributed by atoms with Gasteiger partial charge in [-0.1, -0.05) is 28.1 Å². The number of methoxy groups -OCH3 is 2. The van der Waals surface area contributed by atoms with Gasteiger partial charge in [0.1, 0.15) is 5.82 Å². The van der Waals surface area contributed by atoms with Crippen LogP contribution in [0.25, 0.3) is 0 Å². The van der Waals surface area contributed by atoms with Crippen LogP contribution in [0.1, 0.15) is 16.5 Å². The predicted molar refractivity (Wildman–Crippen MR) is 85.9 cm³/mol. The Balaban J connectivity index is 2.26. The van der Waals surface area contributed by atoms with Crippen LogP contribution < -0.4 is 9.47 Å². The molecule has 2 aromatic carbocycles. The first-order chi connectivity index (χ1) is 10.0. The number of ether oxygens (including phenoxy) is 2. The van der Waals surface area contributed by atoms with Gasteiger partial charge in [0, 0.05) is 4.47 Å². The van der Waals surface area contributed by atoms with E-state index < -0.39 is 0 Å². The zero-order valence-corrected chi connectivity index (χ0v) is 14.0. The minimum atomic E-state index is -0.260. The topological polar surface area (TPSA) is 18.5 Å². The van der Waals surface area contributed by atoms with Crippen LogP contribution in [-0.4, -0.2) is 14.2 Å². The van der Waals surface area contributed by atoms with Crippen molar-refractivity contribution in [2.45, 2.75) is 11.8 Å². The number of rotatable bonds is 5. The SMILES string of the molecule is COc1cc(Br)c(C(Cl)Cc2ccc(F)cc2)cc1OC. The Labute approximate surface area is 137 Å². The van der Waals surface area contributed by atoms with E-state index in [1.807, 2.05) is 12.1 Å². The molecule has 0 spiro atoms. The van der Waals surface area contributed by atoms with Gasteiger partial charge in [0.2, 0.25) is 0 Å². The Hall–Kier alpha value is -1.26. The van der Waals surface area contributed by atoms with E-state index in [0.29, 0.717) is 17.9 Å². The first-order valence-corrected chi connectivity index (χ1v) is 7.58. The largest absolute Gasteiger partial charge is 0.493 e. The fourth-order valence-corrected chi connectivity index (χ4v) is 3.14. The Morgan fingerprint density at radius 3 is 2.24 bits per heavy atom. The minimum absolute atomic E-state index is 0.253. The number of hydrogen-bond donors (Lipinski definition) is 0. The average molecular weight is 374 g/mol. The lowest BCUT2D eigenvalue weighted by atomic mass is 10.0. The van der Waals surface area contributed by atoms with Crippen LogP contribution >= 0.6 is 27.5 Å². The quantitative estimate of drug-likeness (QED) is 0.677. The maximum Gasteiger partial charge on any atom is 0.161 e. The molecule has 5 heteroatoms. The van der Waals surface area contributed by atoms with Gasteiger partial charge in [-0.05, 0) is 41.8 Å². The van der Waals surface area contributed by atoms with Crippen molar-refractivity contribution in [3.05, 3.63) is 57.8 Å². The summed E-state index contributed by atoms with van der Waals surface area (Å²) in [6.45, 7) is 0. The Morgan fingerprint density at radius 2 is 1.67 bits per heavy atom. The molecule has 0 bridgehead atoms. The summed E-state index contributed by atoms with van der Waals surface area (Å²) in [6.07, 6.45) is 0.593. The van der Waals surface area contributed by atoms with Crippen LogP contribution in [0.4, 0.5) is 4.39 Å². The van der Waals surface area contributed by atoms with Gasteiger partial charge in [0.05, 0.1) is 19.6 Å². The lowest BCUT2D eigenvalue weighted by Crippen LogP contribution is -2.00. The molecule has 0 aromatic heterocycles. The maximum absolute atomic E-state index is 12.9. The van der Waals surface area contributed by atoms with Crippen LogP contribution in [0.3, 0.4) is 0 Å². The van der Waals surface area contributed by atoms with Crippen molar-refractivity contribution in [1.29, 1.82) is 0 Å². The molecule has 1 unspecified atom stereocenters. The highest BCUT2D eigenvalue weighted by Crippen LogP contribution is 2.39. The summed E-state index contributed by atoms with van der Waals surface area (Å²) >= 11 is 9.99. The molecule has 0 amide bonds. The normalized spacial score (nSPS) is 12.0. The van der Waals surface area contributed by atoms with Gasteiger partial charge >= 0.3 is 0 Å². The molecule has 0 N–H and O–H groups in total. The van der Waals surface area contributed by atoms with E-state index in [0.717, 1.165) is 15.6 Å². The molecule has 112 valence electrons. The van der Waals surface area contributed by atoms with E-state index in [-0.39, 0.29) is 11.2 Å². The second kappa shape index (κ2) is 7.14. The zero-order chi connectivity index (χ0) is 15.4. The monoisotopic (exact) mass is 372 g/mol. The van der Waals surface area contributed by atoms with Crippen molar-refractivity contribution < 1.29 is 13.9 Å². The maximum atomic E-state index is 12.9. The van der Waals surface area contributed by atoms with E-state index in [1.165, 1.54) is 12.1 Å². The van der Waals surface area contributed by atoms with E-state index in [2.05, 4.69) is 15.9 Å². The third-order valence-corrected chi connectivity index (χ3v) is 4.24. The van der Waals surface area contributed by atoms with Gasteiger partial charge in [0.25, 0.3) is 0 Å². The Kier molecular flexibility index (Phi) is 5.48. The van der Waals surface area contributed by atoms with Crippen LogP contribution in [0, 0.1) is 5.82 Å². The van der Waals surface area contributed by atoms with Crippen molar-refractivity contribution in [2.75, 3.05) is 14.2 Å². The van der Waals surface area contributed by atoms with Crippen molar-refractivity contribution in [3.8, 4) is 11.5 Å². The van der Waals surface area contributed by atoms with Crippen molar-refractivity contribution in [2.24, 2.45) is 0 Å². The molecule has 0 saturated heterocycles. The van der Waals surface area contributed by atoms with Gasteiger partial charge in [0.15, 0.2) is 11.5 Å². The fourth-order valence-electron chi connectivity index (χ4n) is 2.05. The zero-order valence-electron chi connectivity index (χ0n) is 11.7. The van der Waals surface area contributed by atoms with Gasteiger partial charge in [-0.2, -0.15) is 0 Å². The van der Waals surface area contributed by atoms with Crippen LogP contribution in [0.5, 0.6) is 11.5 Å². The first-order valence-electron chi connectivity index (χ1n) is 6.35. The van der Waals surface area contributed by atoms with E-state index >= 15 is 0 Å². The molecule has 1 atom stereocenters. The van der Waals surface area contributed by atoms with Crippen LogP contribution in [0.2, 0.25) is 0 Å². The van der Waals surface area contributed by atoms with E-state index in [1.54, 1.807) is 26.4 Å². The molecule has 21 heavy (non-hydrogen) atoms. The molecule has 2 rings (SSSR count). The molecule has 0 aliphatic heterocycles. The van der Waals surface area contributed by atoms with Gasteiger partial charge < -0.3 is 9.47 Å². The summed E-state index contributed by atoms with van der Waals surface area (Å²) in [7, 11) is 3.17. The Bertz CT molecular complexity index is 616. The number of benzene rings is 2. The highest BCUT2D eigenvalue weighted by molar-refractivity contribution is 9.10. The fraction of sp³-hybridized carbons (Fsp3) is 0.250. The number of alkyl halides is 1. The van der Waals surface area contributed by atoms with Crippen LogP contribution in [-0.2, 0) is 6.42 Å². The predicted octanol–water partition coefficient (Wildman–Crippen LogP) is 5.13. The summed E-state index contributed by atoms with van der Waals surface area (Å²) in [5.74, 6) is 1.01. The highest BCUT2D eigenvalue weighted by Gasteiger charge is 2.17. The van der Waals surface area contributed by atoms with E-state index in [4.69, 9.17) is 21.1 Å². The third kappa shape index (κ3) is 3.89. The molecular weight excluding hydrogens is 359 g/mol.